The van der Waals surface area contributed by atoms with Crippen LogP contribution in [0.1, 0.15) is 10.8 Å². The van der Waals surface area contributed by atoms with E-state index in [2.05, 4.69) is 0 Å². The van der Waals surface area contributed by atoms with Gasteiger partial charge in [-0.3, -0.25) is 4.79 Å². The highest BCUT2D eigenvalue weighted by Crippen LogP contribution is 2.40. The summed E-state index contributed by atoms with van der Waals surface area (Å²) in [7, 11) is 0. The van der Waals surface area contributed by atoms with Crippen LogP contribution in [-0.4, -0.2) is 15.6 Å². The maximum absolute atomic E-state index is 11.7. The number of carbonyl (C=O) groups is 1. The molecule has 0 aliphatic heterocycles. The Bertz CT molecular complexity index is 803. The summed E-state index contributed by atoms with van der Waals surface area (Å²) in [6, 6.07) is 18.6. The average molecular weight is 344 g/mol. The Morgan fingerprint density at radius 2 is 1.70 bits per heavy atom. The molecule has 23 heavy (non-hydrogen) atoms. The molecular formula is C18H14ClNO2S. The Hall–Kier alpha value is -2.17. The van der Waals surface area contributed by atoms with Crippen LogP contribution >= 0.6 is 23.4 Å². The Morgan fingerprint density at radius 3 is 2.35 bits per heavy atom. The summed E-state index contributed by atoms with van der Waals surface area (Å²) in [6.45, 7) is 0. The van der Waals surface area contributed by atoms with Gasteiger partial charge < -0.3 is 9.67 Å². The van der Waals surface area contributed by atoms with Crippen molar-refractivity contribution in [3.63, 3.8) is 0 Å². The molecule has 0 amide bonds. The molecule has 0 radical (unpaired) electrons. The number of carboxylic acid groups (broad SMARTS) is 1. The van der Waals surface area contributed by atoms with Crippen LogP contribution in [0.25, 0.3) is 5.69 Å². The molecule has 0 bridgehead atoms. The first-order valence-corrected chi connectivity index (χ1v) is 8.29. The number of carboxylic acids is 1. The van der Waals surface area contributed by atoms with E-state index in [1.54, 1.807) is 6.07 Å². The van der Waals surface area contributed by atoms with Crippen molar-refractivity contribution in [2.45, 2.75) is 10.1 Å². The molecule has 2 aromatic carbocycles. The number of halogens is 1. The van der Waals surface area contributed by atoms with Gasteiger partial charge in [-0.15, -0.1) is 11.8 Å². The van der Waals surface area contributed by atoms with Gasteiger partial charge in [-0.2, -0.15) is 0 Å². The van der Waals surface area contributed by atoms with Gasteiger partial charge in [-0.05, 0) is 29.8 Å². The third-order valence-corrected chi connectivity index (χ3v) is 4.98. The molecule has 0 spiro atoms. The SMILES string of the molecule is O=C(O)C(Sc1cccc(Cl)c1-n1cccc1)c1ccccc1. The summed E-state index contributed by atoms with van der Waals surface area (Å²) in [5, 5.41) is 9.51. The summed E-state index contributed by atoms with van der Waals surface area (Å²) in [6.07, 6.45) is 3.78. The fourth-order valence-electron chi connectivity index (χ4n) is 2.34. The smallest absolute Gasteiger partial charge is 0.321 e. The van der Waals surface area contributed by atoms with E-state index in [-0.39, 0.29) is 0 Å². The molecule has 116 valence electrons. The van der Waals surface area contributed by atoms with Crippen LogP contribution in [-0.2, 0) is 4.79 Å². The van der Waals surface area contributed by atoms with Gasteiger partial charge in [0.05, 0.1) is 10.7 Å². The van der Waals surface area contributed by atoms with Gasteiger partial charge in [0.1, 0.15) is 5.25 Å². The second kappa shape index (κ2) is 6.94. The first-order chi connectivity index (χ1) is 11.2. The molecule has 5 heteroatoms. The van der Waals surface area contributed by atoms with E-state index in [0.717, 1.165) is 16.1 Å². The summed E-state index contributed by atoms with van der Waals surface area (Å²) < 4.78 is 1.90. The van der Waals surface area contributed by atoms with Crippen molar-refractivity contribution in [1.29, 1.82) is 0 Å². The van der Waals surface area contributed by atoms with Gasteiger partial charge in [-0.1, -0.05) is 48.0 Å². The van der Waals surface area contributed by atoms with E-state index in [0.29, 0.717) is 5.02 Å². The first kappa shape index (κ1) is 15.7. The highest BCUT2D eigenvalue weighted by molar-refractivity contribution is 8.00. The number of benzene rings is 2. The van der Waals surface area contributed by atoms with Crippen LogP contribution in [0.3, 0.4) is 0 Å². The van der Waals surface area contributed by atoms with Gasteiger partial charge in [0.2, 0.25) is 0 Å². The van der Waals surface area contributed by atoms with Crippen LogP contribution in [0.2, 0.25) is 5.02 Å². The number of para-hydroxylation sites is 1. The normalized spacial score (nSPS) is 12.0. The van der Waals surface area contributed by atoms with E-state index in [1.165, 1.54) is 11.8 Å². The van der Waals surface area contributed by atoms with E-state index in [9.17, 15) is 9.90 Å². The summed E-state index contributed by atoms with van der Waals surface area (Å²) in [5.74, 6) is -0.875. The Balaban J connectivity index is 2.02. The summed E-state index contributed by atoms with van der Waals surface area (Å²) in [5.41, 5.74) is 1.55. The number of thioether (sulfide) groups is 1. The lowest BCUT2D eigenvalue weighted by atomic mass is 10.1. The standard InChI is InChI=1S/C18H14ClNO2S/c19-14-9-6-10-15(16(14)20-11-4-5-12-20)23-17(18(21)22)13-7-2-1-3-8-13/h1-12,17H,(H,21,22). The van der Waals surface area contributed by atoms with Crippen molar-refractivity contribution >= 4 is 29.3 Å². The minimum Gasteiger partial charge on any atom is -0.480 e. The predicted molar refractivity (Wildman–Crippen MR) is 93.5 cm³/mol. The largest absolute Gasteiger partial charge is 0.480 e. The number of hydrogen-bond donors (Lipinski definition) is 1. The molecule has 1 N–H and O–H groups in total. The molecule has 0 fully saturated rings. The lowest BCUT2D eigenvalue weighted by Gasteiger charge is -2.17. The second-order valence-electron chi connectivity index (χ2n) is 4.92. The molecule has 0 saturated carbocycles. The van der Waals surface area contributed by atoms with Crippen molar-refractivity contribution in [3.05, 3.63) is 83.6 Å². The molecule has 0 aliphatic carbocycles. The third-order valence-electron chi connectivity index (χ3n) is 3.38. The van der Waals surface area contributed by atoms with Gasteiger partial charge in [0, 0.05) is 17.3 Å². The van der Waals surface area contributed by atoms with Crippen molar-refractivity contribution < 1.29 is 9.90 Å². The topological polar surface area (TPSA) is 42.2 Å². The number of rotatable bonds is 5. The number of aliphatic carboxylic acids is 1. The molecule has 3 nitrogen and oxygen atoms in total. The first-order valence-electron chi connectivity index (χ1n) is 7.03. The number of nitrogens with zero attached hydrogens (tertiary/aromatic N) is 1. The van der Waals surface area contributed by atoms with Crippen LogP contribution in [0.4, 0.5) is 0 Å². The van der Waals surface area contributed by atoms with E-state index < -0.39 is 11.2 Å². The van der Waals surface area contributed by atoms with Crippen LogP contribution in [0, 0.1) is 0 Å². The molecule has 1 heterocycles. The zero-order valence-electron chi connectivity index (χ0n) is 12.1. The molecule has 0 saturated heterocycles. The zero-order chi connectivity index (χ0) is 16.2. The molecule has 1 atom stereocenters. The number of hydrogen-bond acceptors (Lipinski definition) is 2. The number of aromatic nitrogens is 1. The maximum Gasteiger partial charge on any atom is 0.321 e. The Morgan fingerprint density at radius 1 is 1.00 bits per heavy atom. The Labute approximate surface area is 143 Å². The van der Waals surface area contributed by atoms with E-state index in [1.807, 2.05) is 71.6 Å². The van der Waals surface area contributed by atoms with E-state index >= 15 is 0 Å². The minimum atomic E-state index is -0.875. The highest BCUT2D eigenvalue weighted by atomic mass is 35.5. The molecule has 1 aromatic heterocycles. The lowest BCUT2D eigenvalue weighted by Crippen LogP contribution is -2.08. The van der Waals surface area contributed by atoms with Gasteiger partial charge in [0.15, 0.2) is 0 Å². The maximum atomic E-state index is 11.7. The molecule has 0 aliphatic rings. The molecule has 3 rings (SSSR count). The van der Waals surface area contributed by atoms with Crippen LogP contribution < -0.4 is 0 Å². The van der Waals surface area contributed by atoms with Crippen molar-refractivity contribution in [3.8, 4) is 5.69 Å². The summed E-state index contributed by atoms with van der Waals surface area (Å²) >= 11 is 7.63. The van der Waals surface area contributed by atoms with Crippen molar-refractivity contribution in [2.24, 2.45) is 0 Å². The Kier molecular flexibility index (Phi) is 4.74. The lowest BCUT2D eigenvalue weighted by molar-refractivity contribution is -0.136. The van der Waals surface area contributed by atoms with Gasteiger partial charge in [-0.25, -0.2) is 0 Å². The molecule has 3 aromatic rings. The van der Waals surface area contributed by atoms with Crippen molar-refractivity contribution in [2.75, 3.05) is 0 Å². The second-order valence-corrected chi connectivity index (χ2v) is 6.48. The van der Waals surface area contributed by atoms with Gasteiger partial charge >= 0.3 is 5.97 Å². The quantitative estimate of drug-likeness (QED) is 0.659. The fraction of sp³-hybridized carbons (Fsp3) is 0.0556. The summed E-state index contributed by atoms with van der Waals surface area (Å²) in [4.78, 5) is 12.6. The van der Waals surface area contributed by atoms with E-state index in [4.69, 9.17) is 11.6 Å². The third kappa shape index (κ3) is 3.44. The minimum absolute atomic E-state index is 0.586. The fourth-order valence-corrected chi connectivity index (χ4v) is 3.80. The molecular weight excluding hydrogens is 330 g/mol. The van der Waals surface area contributed by atoms with Gasteiger partial charge in [0.25, 0.3) is 0 Å². The monoisotopic (exact) mass is 343 g/mol. The molecule has 1 unspecified atom stereocenters. The van der Waals surface area contributed by atoms with Crippen LogP contribution in [0.5, 0.6) is 0 Å². The highest BCUT2D eigenvalue weighted by Gasteiger charge is 2.23. The zero-order valence-corrected chi connectivity index (χ0v) is 13.7. The van der Waals surface area contributed by atoms with Crippen LogP contribution in [0.15, 0.2) is 78.0 Å². The predicted octanol–water partition coefficient (Wildman–Crippen LogP) is 5.05. The average Bonchev–Trinajstić information content (AvgIpc) is 3.07. The van der Waals surface area contributed by atoms with Crippen molar-refractivity contribution in [1.82, 2.24) is 4.57 Å².